The monoisotopic (exact) mass is 168 g/mol. The molecule has 0 saturated carbocycles. The van der Waals surface area contributed by atoms with Gasteiger partial charge in [-0.1, -0.05) is 12.7 Å². The van der Waals surface area contributed by atoms with Crippen molar-refractivity contribution in [1.82, 2.24) is 0 Å². The van der Waals surface area contributed by atoms with Gasteiger partial charge in [-0.3, -0.25) is 0 Å². The summed E-state index contributed by atoms with van der Waals surface area (Å²) in [5, 5.41) is 0. The van der Waals surface area contributed by atoms with Gasteiger partial charge in [0.25, 0.3) is 0 Å². The molecule has 0 bridgehead atoms. The fourth-order valence-electron chi connectivity index (χ4n) is 0.616. The zero-order valence-corrected chi connectivity index (χ0v) is 7.42. The predicted molar refractivity (Wildman–Crippen MR) is 51.0 cm³/mol. The lowest BCUT2D eigenvalue weighted by Crippen LogP contribution is -1.99. The minimum atomic E-state index is 0.644. The molecule has 0 amide bonds. The Kier molecular flexibility index (Phi) is 5.61. The number of nitrogens with two attached hydrogens (primary N) is 2. The molecular formula is C9H16N2O. The first-order valence-corrected chi connectivity index (χ1v) is 3.76. The van der Waals surface area contributed by atoms with Crippen LogP contribution in [0, 0.1) is 0 Å². The molecule has 0 aromatic carbocycles. The van der Waals surface area contributed by atoms with E-state index in [0.29, 0.717) is 11.5 Å². The van der Waals surface area contributed by atoms with Gasteiger partial charge in [-0.15, -0.1) is 0 Å². The smallest absolute Gasteiger partial charge is 0.111 e. The van der Waals surface area contributed by atoms with Crippen LogP contribution < -0.4 is 11.5 Å². The second-order valence-electron chi connectivity index (χ2n) is 2.35. The summed E-state index contributed by atoms with van der Waals surface area (Å²) in [6.07, 6.45) is 6.79. The zero-order valence-electron chi connectivity index (χ0n) is 7.42. The van der Waals surface area contributed by atoms with Crippen molar-refractivity contribution in [3.8, 4) is 0 Å². The molecule has 0 rings (SSSR count). The summed E-state index contributed by atoms with van der Waals surface area (Å²) in [6.45, 7) is 3.63. The van der Waals surface area contributed by atoms with Crippen molar-refractivity contribution in [3.05, 3.63) is 36.4 Å². The SMILES string of the molecule is C=C(/C=C\CC/C(N)=C\N)OC. The standard InChI is InChI=1S/C9H16N2O/c1-8(12-2)5-3-4-6-9(11)7-10/h3,5,7H,1,4,6,10-11H2,2H3/b5-3-,9-7+. The van der Waals surface area contributed by atoms with Gasteiger partial charge in [0.15, 0.2) is 0 Å². The molecule has 0 unspecified atom stereocenters. The van der Waals surface area contributed by atoms with Crippen molar-refractivity contribution >= 4 is 0 Å². The van der Waals surface area contributed by atoms with Crippen LogP contribution in [0.25, 0.3) is 0 Å². The van der Waals surface area contributed by atoms with Crippen LogP contribution in [0.5, 0.6) is 0 Å². The first-order chi connectivity index (χ1) is 5.70. The molecule has 0 fully saturated rings. The maximum atomic E-state index is 5.47. The van der Waals surface area contributed by atoms with E-state index in [-0.39, 0.29) is 0 Å². The molecule has 0 aliphatic rings. The number of methoxy groups -OCH3 is 1. The highest BCUT2D eigenvalue weighted by Crippen LogP contribution is 2.00. The van der Waals surface area contributed by atoms with Crippen LogP contribution >= 0.6 is 0 Å². The van der Waals surface area contributed by atoms with E-state index in [1.165, 1.54) is 6.20 Å². The van der Waals surface area contributed by atoms with Gasteiger partial charge in [-0.25, -0.2) is 0 Å². The maximum Gasteiger partial charge on any atom is 0.111 e. The van der Waals surface area contributed by atoms with E-state index in [1.807, 2.05) is 12.2 Å². The van der Waals surface area contributed by atoms with Crippen LogP contribution in [0.15, 0.2) is 36.4 Å². The first kappa shape index (κ1) is 10.6. The second kappa shape index (κ2) is 6.34. The Balaban J connectivity index is 3.56. The molecule has 0 heterocycles. The summed E-state index contributed by atoms with van der Waals surface area (Å²) in [7, 11) is 1.58. The number of hydrogen-bond donors (Lipinski definition) is 2. The molecule has 0 atom stereocenters. The Morgan fingerprint density at radius 3 is 2.75 bits per heavy atom. The highest BCUT2D eigenvalue weighted by molar-refractivity contribution is 5.07. The van der Waals surface area contributed by atoms with E-state index in [4.69, 9.17) is 16.2 Å². The highest BCUT2D eigenvalue weighted by atomic mass is 16.5. The zero-order chi connectivity index (χ0) is 9.40. The molecule has 3 nitrogen and oxygen atoms in total. The van der Waals surface area contributed by atoms with Gasteiger partial charge in [0.2, 0.25) is 0 Å². The van der Waals surface area contributed by atoms with Gasteiger partial charge >= 0.3 is 0 Å². The Hall–Kier alpha value is -1.38. The molecule has 0 aromatic heterocycles. The molecule has 12 heavy (non-hydrogen) atoms. The molecular weight excluding hydrogens is 152 g/mol. The first-order valence-electron chi connectivity index (χ1n) is 3.76. The molecule has 3 heteroatoms. The van der Waals surface area contributed by atoms with E-state index >= 15 is 0 Å². The van der Waals surface area contributed by atoms with Crippen molar-refractivity contribution in [2.45, 2.75) is 12.8 Å². The summed E-state index contributed by atoms with van der Waals surface area (Å²) >= 11 is 0. The van der Waals surface area contributed by atoms with Crippen molar-refractivity contribution in [2.75, 3.05) is 7.11 Å². The Labute approximate surface area is 73.4 Å². The lowest BCUT2D eigenvalue weighted by Gasteiger charge is -1.97. The van der Waals surface area contributed by atoms with Crippen molar-refractivity contribution in [1.29, 1.82) is 0 Å². The summed E-state index contributed by atoms with van der Waals surface area (Å²) < 4.78 is 4.83. The van der Waals surface area contributed by atoms with Crippen molar-refractivity contribution in [2.24, 2.45) is 11.5 Å². The van der Waals surface area contributed by atoms with Gasteiger partial charge in [-0.05, 0) is 18.9 Å². The average Bonchev–Trinajstić information content (AvgIpc) is 2.11. The molecule has 0 aromatic rings. The van der Waals surface area contributed by atoms with Gasteiger partial charge in [0.1, 0.15) is 5.76 Å². The third kappa shape index (κ3) is 5.41. The maximum absolute atomic E-state index is 5.47. The number of rotatable bonds is 5. The molecule has 0 aliphatic carbocycles. The number of allylic oxidation sites excluding steroid dienone is 3. The minimum Gasteiger partial charge on any atom is -0.497 e. The highest BCUT2D eigenvalue weighted by Gasteiger charge is 1.86. The quantitative estimate of drug-likeness (QED) is 0.479. The number of ether oxygens (including phenoxy) is 1. The third-order valence-electron chi connectivity index (χ3n) is 1.38. The minimum absolute atomic E-state index is 0.644. The van der Waals surface area contributed by atoms with E-state index in [1.54, 1.807) is 7.11 Å². The van der Waals surface area contributed by atoms with Crippen LogP contribution in [0.2, 0.25) is 0 Å². The van der Waals surface area contributed by atoms with E-state index in [2.05, 4.69) is 6.58 Å². The summed E-state index contributed by atoms with van der Waals surface area (Å²) in [5.41, 5.74) is 11.4. The Morgan fingerprint density at radius 1 is 1.58 bits per heavy atom. The van der Waals surface area contributed by atoms with Gasteiger partial charge in [-0.2, -0.15) is 0 Å². The van der Waals surface area contributed by atoms with Crippen LogP contribution in [0.1, 0.15) is 12.8 Å². The molecule has 4 N–H and O–H groups in total. The molecule has 0 saturated heterocycles. The van der Waals surface area contributed by atoms with Gasteiger partial charge in [0, 0.05) is 11.9 Å². The van der Waals surface area contributed by atoms with Crippen LogP contribution in [-0.2, 0) is 4.74 Å². The Morgan fingerprint density at radius 2 is 2.25 bits per heavy atom. The second-order valence-corrected chi connectivity index (χ2v) is 2.35. The Bertz CT molecular complexity index is 195. The van der Waals surface area contributed by atoms with Crippen LogP contribution in [0.4, 0.5) is 0 Å². The summed E-state index contributed by atoms with van der Waals surface area (Å²) in [4.78, 5) is 0. The molecule has 68 valence electrons. The summed E-state index contributed by atoms with van der Waals surface area (Å²) in [5.74, 6) is 0.644. The van der Waals surface area contributed by atoms with E-state index in [0.717, 1.165) is 12.8 Å². The fraction of sp³-hybridized carbons (Fsp3) is 0.333. The topological polar surface area (TPSA) is 61.3 Å². The summed E-state index contributed by atoms with van der Waals surface area (Å²) in [6, 6.07) is 0. The predicted octanol–water partition coefficient (Wildman–Crippen LogP) is 1.24. The average molecular weight is 168 g/mol. The van der Waals surface area contributed by atoms with Crippen LogP contribution in [0.3, 0.4) is 0 Å². The fourth-order valence-corrected chi connectivity index (χ4v) is 0.616. The number of hydrogen-bond acceptors (Lipinski definition) is 3. The molecule has 0 aliphatic heterocycles. The van der Waals surface area contributed by atoms with E-state index < -0.39 is 0 Å². The lowest BCUT2D eigenvalue weighted by atomic mass is 10.2. The normalized spacial score (nSPS) is 11.9. The third-order valence-corrected chi connectivity index (χ3v) is 1.38. The largest absolute Gasteiger partial charge is 0.497 e. The van der Waals surface area contributed by atoms with Crippen molar-refractivity contribution in [3.63, 3.8) is 0 Å². The molecule has 0 radical (unpaired) electrons. The van der Waals surface area contributed by atoms with Crippen molar-refractivity contribution < 1.29 is 4.74 Å². The van der Waals surface area contributed by atoms with E-state index in [9.17, 15) is 0 Å². The van der Waals surface area contributed by atoms with Gasteiger partial charge < -0.3 is 16.2 Å². The van der Waals surface area contributed by atoms with Crippen LogP contribution in [-0.4, -0.2) is 7.11 Å². The van der Waals surface area contributed by atoms with Gasteiger partial charge in [0.05, 0.1) is 7.11 Å². The lowest BCUT2D eigenvalue weighted by molar-refractivity contribution is 0.308. The molecule has 0 spiro atoms.